The zero-order valence-electron chi connectivity index (χ0n) is 14.2. The number of thioether (sulfide) groups is 1. The first-order chi connectivity index (χ1) is 12.6. The molecule has 26 heavy (non-hydrogen) atoms. The van der Waals surface area contributed by atoms with Crippen LogP contribution in [0.4, 0.5) is 5.69 Å². The number of H-pyrrole nitrogens is 1. The lowest BCUT2D eigenvalue weighted by molar-refractivity contribution is -0.763. The van der Waals surface area contributed by atoms with Crippen LogP contribution in [0.1, 0.15) is 18.7 Å². The van der Waals surface area contributed by atoms with Gasteiger partial charge in [-0.25, -0.2) is 4.90 Å². The lowest BCUT2D eigenvalue weighted by atomic mass is 10.0. The van der Waals surface area contributed by atoms with Crippen LogP contribution >= 0.6 is 11.8 Å². The molecule has 1 amide bonds. The third-order valence-corrected chi connectivity index (χ3v) is 4.84. The number of amides is 1. The Morgan fingerprint density at radius 2 is 2.08 bits per heavy atom. The number of anilines is 1. The maximum absolute atomic E-state index is 12.8. The third kappa shape index (κ3) is 2.50. The van der Waals surface area contributed by atoms with Gasteiger partial charge in [0.25, 0.3) is 6.17 Å². The highest BCUT2D eigenvalue weighted by Crippen LogP contribution is 2.36. The minimum absolute atomic E-state index is 0.141. The largest absolute Gasteiger partial charge is 0.325 e. The maximum Gasteiger partial charge on any atom is 0.325 e. The number of aromatic amines is 1. The van der Waals surface area contributed by atoms with Crippen LogP contribution in [0.15, 0.2) is 58.7 Å². The molecule has 0 saturated heterocycles. The van der Waals surface area contributed by atoms with Crippen molar-refractivity contribution in [3.8, 4) is 11.3 Å². The first-order valence-corrected chi connectivity index (χ1v) is 9.23. The predicted octanol–water partition coefficient (Wildman–Crippen LogP) is 1.75. The van der Waals surface area contributed by atoms with E-state index in [2.05, 4.69) is 15.1 Å². The smallest absolute Gasteiger partial charge is 0.291 e. The standard InChI is InChI=1S/C18H15N5O2S/c1-11(24)22-14-8-4-3-7-13(14)15-16(25)20-18(26-2)21-23(15)17(22)12-6-5-9-19-10-12/h3-10,17H,1-2H3/p+1/t17-/m0/s1. The monoisotopic (exact) mass is 366 g/mol. The molecule has 8 heteroatoms. The van der Waals surface area contributed by atoms with Crippen LogP contribution in [0.3, 0.4) is 0 Å². The van der Waals surface area contributed by atoms with Crippen molar-refractivity contribution in [1.82, 2.24) is 15.1 Å². The summed E-state index contributed by atoms with van der Waals surface area (Å²) in [6, 6.07) is 11.0. The van der Waals surface area contributed by atoms with Gasteiger partial charge in [-0.3, -0.25) is 19.6 Å². The summed E-state index contributed by atoms with van der Waals surface area (Å²) in [6.07, 6.45) is 4.61. The summed E-state index contributed by atoms with van der Waals surface area (Å²) in [6.45, 7) is 1.51. The molecule has 3 aromatic rings. The van der Waals surface area contributed by atoms with Gasteiger partial charge in [-0.2, -0.15) is 0 Å². The Kier molecular flexibility index (Phi) is 4.04. The second-order valence-electron chi connectivity index (χ2n) is 5.82. The van der Waals surface area contributed by atoms with Gasteiger partial charge >= 0.3 is 11.3 Å². The van der Waals surface area contributed by atoms with Crippen molar-refractivity contribution in [2.24, 2.45) is 0 Å². The van der Waals surface area contributed by atoms with Crippen LogP contribution in [-0.2, 0) is 4.79 Å². The van der Waals surface area contributed by atoms with Gasteiger partial charge in [0.15, 0.2) is 0 Å². The minimum atomic E-state index is -0.584. The molecule has 4 rings (SSSR count). The second kappa shape index (κ2) is 6.38. The Balaban J connectivity index is 2.10. The van der Waals surface area contributed by atoms with Gasteiger partial charge in [0, 0.05) is 24.4 Å². The molecule has 2 aromatic heterocycles. The molecule has 0 aliphatic carbocycles. The molecule has 130 valence electrons. The molecule has 1 aliphatic heterocycles. The summed E-state index contributed by atoms with van der Waals surface area (Å²) in [4.78, 5) is 34.0. The molecule has 0 radical (unpaired) electrons. The molecule has 1 aromatic carbocycles. The number of nitrogens with one attached hydrogen (secondary N) is 1. The van der Waals surface area contributed by atoms with Crippen LogP contribution in [0.5, 0.6) is 0 Å². The van der Waals surface area contributed by atoms with Gasteiger partial charge in [-0.05, 0) is 35.2 Å². The SMILES string of the molecule is CSc1n[n+]2c(c(=O)[nH]1)-c1ccccc1N(C(C)=O)[C@@H]2c1cccnc1. The number of carbonyl (C=O) groups is 1. The second-order valence-corrected chi connectivity index (χ2v) is 6.62. The zero-order valence-corrected chi connectivity index (χ0v) is 15.0. The van der Waals surface area contributed by atoms with E-state index < -0.39 is 6.17 Å². The van der Waals surface area contributed by atoms with E-state index in [4.69, 9.17) is 0 Å². The molecular formula is C18H16N5O2S+. The van der Waals surface area contributed by atoms with Crippen molar-refractivity contribution in [1.29, 1.82) is 0 Å². The van der Waals surface area contributed by atoms with Crippen molar-refractivity contribution in [2.45, 2.75) is 18.2 Å². The van der Waals surface area contributed by atoms with Crippen LogP contribution < -0.4 is 15.1 Å². The molecule has 1 aliphatic rings. The normalized spacial score (nSPS) is 15.3. The summed E-state index contributed by atoms with van der Waals surface area (Å²) in [5.74, 6) is -0.141. The molecule has 1 atom stereocenters. The Bertz CT molecular complexity index is 1050. The fraction of sp³-hybridized carbons (Fsp3) is 0.167. The van der Waals surface area contributed by atoms with Gasteiger partial charge in [0.2, 0.25) is 11.1 Å². The van der Waals surface area contributed by atoms with Gasteiger partial charge < -0.3 is 0 Å². The molecule has 7 nitrogen and oxygen atoms in total. The highest BCUT2D eigenvalue weighted by atomic mass is 32.2. The molecule has 1 N–H and O–H groups in total. The number of pyridine rings is 1. The maximum atomic E-state index is 12.8. The molecule has 0 bridgehead atoms. The Labute approximate surface area is 153 Å². The van der Waals surface area contributed by atoms with Gasteiger partial charge in [-0.1, -0.05) is 23.9 Å². The van der Waals surface area contributed by atoms with Crippen molar-refractivity contribution < 1.29 is 9.48 Å². The van der Waals surface area contributed by atoms with Crippen molar-refractivity contribution in [3.63, 3.8) is 0 Å². The highest BCUT2D eigenvalue weighted by Gasteiger charge is 2.44. The number of nitrogens with zero attached hydrogens (tertiary/aromatic N) is 4. The molecule has 0 unspecified atom stereocenters. The van der Waals surface area contributed by atoms with E-state index >= 15 is 0 Å². The van der Waals surface area contributed by atoms with Gasteiger partial charge in [0.1, 0.15) is 0 Å². The Morgan fingerprint density at radius 3 is 2.77 bits per heavy atom. The predicted molar refractivity (Wildman–Crippen MR) is 97.8 cm³/mol. The van der Waals surface area contributed by atoms with Crippen molar-refractivity contribution in [3.05, 3.63) is 64.7 Å². The fourth-order valence-electron chi connectivity index (χ4n) is 3.23. The summed E-state index contributed by atoms with van der Waals surface area (Å²) >= 11 is 1.34. The average molecular weight is 366 g/mol. The average Bonchev–Trinajstić information content (AvgIpc) is 2.66. The lowest BCUT2D eigenvalue weighted by Gasteiger charge is -2.31. The van der Waals surface area contributed by atoms with Crippen molar-refractivity contribution >= 4 is 23.4 Å². The number of fused-ring (bicyclic) bond motifs is 3. The zero-order chi connectivity index (χ0) is 18.3. The number of hydrogen-bond donors (Lipinski definition) is 1. The fourth-order valence-corrected chi connectivity index (χ4v) is 3.60. The number of para-hydroxylation sites is 1. The molecule has 0 fully saturated rings. The molecule has 0 spiro atoms. The first-order valence-electron chi connectivity index (χ1n) is 8.01. The Hall–Kier alpha value is -3.00. The van der Waals surface area contributed by atoms with Gasteiger partial charge in [-0.15, -0.1) is 0 Å². The minimum Gasteiger partial charge on any atom is -0.291 e. The first kappa shape index (κ1) is 16.5. The summed E-state index contributed by atoms with van der Waals surface area (Å²) in [5, 5.41) is 5.07. The van der Waals surface area contributed by atoms with Crippen LogP contribution in [0.2, 0.25) is 0 Å². The topological polar surface area (TPSA) is 82.8 Å². The third-order valence-electron chi connectivity index (χ3n) is 4.27. The highest BCUT2D eigenvalue weighted by molar-refractivity contribution is 7.98. The number of hydrogen-bond acceptors (Lipinski definition) is 5. The van der Waals surface area contributed by atoms with Crippen LogP contribution in [0.25, 0.3) is 11.3 Å². The van der Waals surface area contributed by atoms with Crippen LogP contribution in [0, 0.1) is 0 Å². The molecule has 0 saturated carbocycles. The van der Waals surface area contributed by atoms with Crippen LogP contribution in [-0.4, -0.2) is 27.2 Å². The van der Waals surface area contributed by atoms with E-state index in [1.807, 2.05) is 36.6 Å². The summed E-state index contributed by atoms with van der Waals surface area (Å²) in [5.41, 5.74) is 2.30. The molecule has 3 heterocycles. The van der Waals surface area contributed by atoms with Gasteiger partial charge in [0.05, 0.1) is 16.8 Å². The number of benzene rings is 1. The van der Waals surface area contributed by atoms with E-state index in [1.54, 1.807) is 28.0 Å². The van der Waals surface area contributed by atoms with E-state index in [0.717, 1.165) is 5.56 Å². The van der Waals surface area contributed by atoms with E-state index in [9.17, 15) is 9.59 Å². The number of rotatable bonds is 2. The number of carbonyl (C=O) groups excluding carboxylic acids is 1. The van der Waals surface area contributed by atoms with E-state index in [0.29, 0.717) is 22.1 Å². The molecular weight excluding hydrogens is 350 g/mol. The summed E-state index contributed by atoms with van der Waals surface area (Å²) in [7, 11) is 0. The quantitative estimate of drug-likeness (QED) is 0.552. The van der Waals surface area contributed by atoms with E-state index in [1.165, 1.54) is 18.7 Å². The number of aromatic nitrogens is 4. The van der Waals surface area contributed by atoms with Crippen molar-refractivity contribution in [2.75, 3.05) is 11.2 Å². The lowest BCUT2D eigenvalue weighted by Crippen LogP contribution is -2.60. The summed E-state index contributed by atoms with van der Waals surface area (Å²) < 4.78 is 1.62. The van der Waals surface area contributed by atoms with E-state index in [-0.39, 0.29) is 11.5 Å². The Morgan fingerprint density at radius 1 is 1.27 bits per heavy atom.